The van der Waals surface area contributed by atoms with Crippen molar-refractivity contribution in [3.63, 3.8) is 0 Å². The van der Waals surface area contributed by atoms with Gasteiger partial charge >= 0.3 is 0 Å². The fourth-order valence-electron chi connectivity index (χ4n) is 2.41. The number of amides is 1. The van der Waals surface area contributed by atoms with Gasteiger partial charge in [-0.25, -0.2) is 0 Å². The van der Waals surface area contributed by atoms with Crippen LogP contribution in [-0.4, -0.2) is 25.0 Å². The molecule has 1 aromatic heterocycles. The van der Waals surface area contributed by atoms with E-state index in [4.69, 9.17) is 4.42 Å². The first-order valence-corrected chi connectivity index (χ1v) is 6.46. The third-order valence-electron chi connectivity index (χ3n) is 3.43. The number of hydrogen-bond donors (Lipinski definition) is 1. The summed E-state index contributed by atoms with van der Waals surface area (Å²) in [4.78, 5) is 14.2. The van der Waals surface area contributed by atoms with E-state index in [-0.39, 0.29) is 11.9 Å². The van der Waals surface area contributed by atoms with Crippen molar-refractivity contribution in [3.8, 4) is 0 Å². The predicted octanol–water partition coefficient (Wildman–Crippen LogP) is 2.29. The Labute approximate surface area is 112 Å². The minimum atomic E-state index is -0.0614. The average molecular weight is 256 g/mol. The van der Waals surface area contributed by atoms with Crippen LogP contribution < -0.4 is 10.2 Å². The standard InChI is InChI=1S/C15H16N2O2/c18-15(12-7-9-19-11-12)16-13-6-8-17(10-13)14-4-2-1-3-5-14/h1-5,7,9,11,13H,6,8,10H2,(H,16,18). The largest absolute Gasteiger partial charge is 0.472 e. The molecule has 4 nitrogen and oxygen atoms in total. The number of rotatable bonds is 3. The number of carbonyl (C=O) groups excluding carboxylic acids is 1. The molecule has 19 heavy (non-hydrogen) atoms. The van der Waals surface area contributed by atoms with Gasteiger partial charge in [0.1, 0.15) is 6.26 Å². The van der Waals surface area contributed by atoms with Crippen molar-refractivity contribution in [1.82, 2.24) is 5.32 Å². The Kier molecular flexibility index (Phi) is 3.23. The van der Waals surface area contributed by atoms with E-state index >= 15 is 0 Å². The van der Waals surface area contributed by atoms with Crippen molar-refractivity contribution < 1.29 is 9.21 Å². The number of hydrogen-bond acceptors (Lipinski definition) is 3. The number of anilines is 1. The molecule has 1 saturated heterocycles. The Balaban J connectivity index is 1.59. The molecule has 3 rings (SSSR count). The minimum absolute atomic E-state index is 0.0614. The van der Waals surface area contributed by atoms with Crippen LogP contribution in [0.15, 0.2) is 53.3 Å². The Hall–Kier alpha value is -2.23. The summed E-state index contributed by atoms with van der Waals surface area (Å²) in [6.07, 6.45) is 3.96. The van der Waals surface area contributed by atoms with E-state index in [1.807, 2.05) is 18.2 Å². The highest BCUT2D eigenvalue weighted by atomic mass is 16.3. The third-order valence-corrected chi connectivity index (χ3v) is 3.43. The maximum atomic E-state index is 11.9. The lowest BCUT2D eigenvalue weighted by molar-refractivity contribution is 0.0940. The molecule has 1 N–H and O–H groups in total. The molecule has 1 aromatic carbocycles. The molecule has 2 aromatic rings. The number of benzene rings is 1. The minimum Gasteiger partial charge on any atom is -0.472 e. The first kappa shape index (κ1) is 11.8. The highest BCUT2D eigenvalue weighted by Crippen LogP contribution is 2.19. The molecule has 4 heteroatoms. The Bertz CT molecular complexity index is 537. The van der Waals surface area contributed by atoms with Crippen LogP contribution in [0.3, 0.4) is 0 Å². The van der Waals surface area contributed by atoms with Crippen LogP contribution in [0, 0.1) is 0 Å². The van der Waals surface area contributed by atoms with E-state index in [9.17, 15) is 4.79 Å². The third kappa shape index (κ3) is 2.62. The molecular weight excluding hydrogens is 240 g/mol. The molecule has 1 unspecified atom stereocenters. The van der Waals surface area contributed by atoms with Crippen LogP contribution in [0.25, 0.3) is 0 Å². The fourth-order valence-corrected chi connectivity index (χ4v) is 2.41. The number of carbonyl (C=O) groups is 1. The van der Waals surface area contributed by atoms with Gasteiger partial charge in [0.2, 0.25) is 0 Å². The van der Waals surface area contributed by atoms with E-state index < -0.39 is 0 Å². The summed E-state index contributed by atoms with van der Waals surface area (Å²) in [6, 6.07) is 12.2. The summed E-state index contributed by atoms with van der Waals surface area (Å²) in [7, 11) is 0. The highest BCUT2D eigenvalue weighted by molar-refractivity contribution is 5.94. The molecule has 1 amide bonds. The van der Waals surface area contributed by atoms with Crippen LogP contribution in [0.2, 0.25) is 0 Å². The monoisotopic (exact) mass is 256 g/mol. The molecule has 0 bridgehead atoms. The van der Waals surface area contributed by atoms with Crippen molar-refractivity contribution in [1.29, 1.82) is 0 Å². The Morgan fingerprint density at radius 3 is 2.84 bits per heavy atom. The van der Waals surface area contributed by atoms with E-state index in [1.54, 1.807) is 6.07 Å². The summed E-state index contributed by atoms with van der Waals surface area (Å²) in [5, 5.41) is 3.04. The molecular formula is C15H16N2O2. The fraction of sp³-hybridized carbons (Fsp3) is 0.267. The van der Waals surface area contributed by atoms with E-state index in [0.29, 0.717) is 5.56 Å². The quantitative estimate of drug-likeness (QED) is 0.916. The van der Waals surface area contributed by atoms with Gasteiger partial charge < -0.3 is 14.6 Å². The Morgan fingerprint density at radius 1 is 1.26 bits per heavy atom. The van der Waals surface area contributed by atoms with Crippen LogP contribution in [0.5, 0.6) is 0 Å². The van der Waals surface area contributed by atoms with E-state index in [2.05, 4.69) is 22.3 Å². The number of furan rings is 1. The average Bonchev–Trinajstić information content (AvgIpc) is 3.11. The number of nitrogens with zero attached hydrogens (tertiary/aromatic N) is 1. The summed E-state index contributed by atoms with van der Waals surface area (Å²) in [5.41, 5.74) is 1.79. The molecule has 0 saturated carbocycles. The summed E-state index contributed by atoms with van der Waals surface area (Å²) < 4.78 is 4.92. The lowest BCUT2D eigenvalue weighted by Crippen LogP contribution is -2.36. The molecule has 98 valence electrons. The lowest BCUT2D eigenvalue weighted by Gasteiger charge is -2.18. The van der Waals surface area contributed by atoms with Crippen molar-refractivity contribution >= 4 is 11.6 Å². The molecule has 2 heterocycles. The van der Waals surface area contributed by atoms with Crippen molar-refractivity contribution in [3.05, 3.63) is 54.5 Å². The maximum absolute atomic E-state index is 11.9. The zero-order valence-corrected chi connectivity index (χ0v) is 10.6. The topological polar surface area (TPSA) is 45.5 Å². The second-order valence-electron chi connectivity index (χ2n) is 4.75. The second-order valence-corrected chi connectivity index (χ2v) is 4.75. The van der Waals surface area contributed by atoms with Crippen LogP contribution in [0.1, 0.15) is 16.8 Å². The van der Waals surface area contributed by atoms with Gasteiger partial charge in [0.05, 0.1) is 11.8 Å². The number of para-hydroxylation sites is 1. The lowest BCUT2D eigenvalue weighted by atomic mass is 10.2. The molecule has 0 aliphatic carbocycles. The highest BCUT2D eigenvalue weighted by Gasteiger charge is 2.24. The molecule has 1 atom stereocenters. The van der Waals surface area contributed by atoms with Crippen LogP contribution in [0.4, 0.5) is 5.69 Å². The van der Waals surface area contributed by atoms with Gasteiger partial charge in [-0.05, 0) is 24.6 Å². The van der Waals surface area contributed by atoms with Gasteiger partial charge in [0.25, 0.3) is 5.91 Å². The molecule has 1 aliphatic rings. The van der Waals surface area contributed by atoms with Gasteiger partial charge in [-0.15, -0.1) is 0 Å². The molecule has 0 radical (unpaired) electrons. The van der Waals surface area contributed by atoms with Gasteiger partial charge in [-0.3, -0.25) is 4.79 Å². The first-order chi connectivity index (χ1) is 9.33. The number of nitrogens with one attached hydrogen (secondary N) is 1. The van der Waals surface area contributed by atoms with Crippen LogP contribution in [-0.2, 0) is 0 Å². The normalized spacial score (nSPS) is 18.5. The van der Waals surface area contributed by atoms with Crippen LogP contribution >= 0.6 is 0 Å². The van der Waals surface area contributed by atoms with E-state index in [0.717, 1.165) is 19.5 Å². The smallest absolute Gasteiger partial charge is 0.254 e. The summed E-state index contributed by atoms with van der Waals surface area (Å²) in [5.74, 6) is -0.0614. The Morgan fingerprint density at radius 2 is 2.11 bits per heavy atom. The summed E-state index contributed by atoms with van der Waals surface area (Å²) >= 11 is 0. The van der Waals surface area contributed by atoms with E-state index in [1.165, 1.54) is 18.2 Å². The van der Waals surface area contributed by atoms with Gasteiger partial charge in [-0.2, -0.15) is 0 Å². The second kappa shape index (κ2) is 5.18. The molecule has 1 aliphatic heterocycles. The van der Waals surface area contributed by atoms with Crippen molar-refractivity contribution in [2.24, 2.45) is 0 Å². The van der Waals surface area contributed by atoms with Gasteiger partial charge in [0, 0.05) is 24.8 Å². The first-order valence-electron chi connectivity index (χ1n) is 6.46. The SMILES string of the molecule is O=C(NC1CCN(c2ccccc2)C1)c1ccoc1. The summed E-state index contributed by atoms with van der Waals surface area (Å²) in [6.45, 7) is 1.83. The molecule has 1 fully saturated rings. The zero-order valence-electron chi connectivity index (χ0n) is 10.6. The molecule has 0 spiro atoms. The predicted molar refractivity (Wildman–Crippen MR) is 73.2 cm³/mol. The van der Waals surface area contributed by atoms with Gasteiger partial charge in [0.15, 0.2) is 0 Å². The maximum Gasteiger partial charge on any atom is 0.254 e. The zero-order chi connectivity index (χ0) is 13.1. The van der Waals surface area contributed by atoms with Crippen molar-refractivity contribution in [2.45, 2.75) is 12.5 Å². The van der Waals surface area contributed by atoms with Crippen molar-refractivity contribution in [2.75, 3.05) is 18.0 Å². The van der Waals surface area contributed by atoms with Gasteiger partial charge in [-0.1, -0.05) is 18.2 Å².